The predicted molar refractivity (Wildman–Crippen MR) is 137 cm³/mol. The molecule has 0 saturated heterocycles. The standard InChI is InChI=1S/C28H33N5O3/c1-27(2,3)19-10-7-17(8-11-19)16-36-22-12-9-18(13-23(22)35-6)25-24-20(14-28(4,5)15-21(24)34)29-26-30-31-32-33(25)26/h7-13,25H,14-16H2,1-6H3,(H,29,30,32). The lowest BCUT2D eigenvalue weighted by molar-refractivity contribution is -0.118. The van der Waals surface area contributed by atoms with Crippen LogP contribution in [0.5, 0.6) is 11.5 Å². The number of ether oxygens (including phenoxy) is 2. The van der Waals surface area contributed by atoms with Crippen molar-refractivity contribution in [2.24, 2.45) is 5.41 Å². The Labute approximate surface area is 211 Å². The first-order chi connectivity index (χ1) is 17.1. The van der Waals surface area contributed by atoms with Gasteiger partial charge < -0.3 is 14.8 Å². The van der Waals surface area contributed by atoms with E-state index < -0.39 is 6.04 Å². The maximum Gasteiger partial charge on any atom is 0.248 e. The second-order valence-electron chi connectivity index (χ2n) is 11.5. The van der Waals surface area contributed by atoms with Gasteiger partial charge in [0.15, 0.2) is 17.3 Å². The lowest BCUT2D eigenvalue weighted by Crippen LogP contribution is -2.36. The van der Waals surface area contributed by atoms with Gasteiger partial charge in [-0.2, -0.15) is 4.68 Å². The van der Waals surface area contributed by atoms with E-state index in [1.807, 2.05) is 18.2 Å². The number of carbonyl (C=O) groups excluding carboxylic acids is 1. The minimum Gasteiger partial charge on any atom is -0.493 e. The number of fused-ring (bicyclic) bond motifs is 1. The Kier molecular flexibility index (Phi) is 5.85. The number of hydrogen-bond donors (Lipinski definition) is 1. The van der Waals surface area contributed by atoms with E-state index in [0.29, 0.717) is 36.0 Å². The summed E-state index contributed by atoms with van der Waals surface area (Å²) in [5, 5.41) is 15.5. The van der Waals surface area contributed by atoms with Crippen LogP contribution in [-0.4, -0.2) is 33.1 Å². The van der Waals surface area contributed by atoms with Crippen LogP contribution in [0.25, 0.3) is 0 Å². The van der Waals surface area contributed by atoms with Gasteiger partial charge in [0.25, 0.3) is 0 Å². The molecular weight excluding hydrogens is 454 g/mol. The topological polar surface area (TPSA) is 91.2 Å². The highest BCUT2D eigenvalue weighted by molar-refractivity contribution is 6.00. The van der Waals surface area contributed by atoms with Gasteiger partial charge in [0.2, 0.25) is 5.95 Å². The van der Waals surface area contributed by atoms with E-state index in [1.165, 1.54) is 5.56 Å². The van der Waals surface area contributed by atoms with Gasteiger partial charge in [-0.15, -0.1) is 0 Å². The van der Waals surface area contributed by atoms with Crippen LogP contribution in [-0.2, 0) is 16.8 Å². The van der Waals surface area contributed by atoms with Crippen LogP contribution in [0.3, 0.4) is 0 Å². The lowest BCUT2D eigenvalue weighted by atomic mass is 9.73. The van der Waals surface area contributed by atoms with Gasteiger partial charge in [0, 0.05) is 17.7 Å². The number of benzene rings is 2. The van der Waals surface area contributed by atoms with Gasteiger partial charge in [-0.05, 0) is 56.5 Å². The molecule has 0 amide bonds. The highest BCUT2D eigenvalue weighted by atomic mass is 16.5. The molecule has 1 atom stereocenters. The fourth-order valence-corrected chi connectivity index (χ4v) is 5.01. The van der Waals surface area contributed by atoms with Crippen LogP contribution in [0.15, 0.2) is 53.7 Å². The summed E-state index contributed by atoms with van der Waals surface area (Å²) in [6.07, 6.45) is 1.23. The van der Waals surface area contributed by atoms with E-state index in [4.69, 9.17) is 9.47 Å². The Bertz CT molecular complexity index is 1330. The number of methoxy groups -OCH3 is 1. The van der Waals surface area contributed by atoms with Gasteiger partial charge in [0.05, 0.1) is 7.11 Å². The van der Waals surface area contributed by atoms with Gasteiger partial charge in [0.1, 0.15) is 12.6 Å². The third-order valence-corrected chi connectivity index (χ3v) is 6.91. The molecule has 1 aliphatic heterocycles. The number of allylic oxidation sites excluding steroid dienone is 2. The van der Waals surface area contributed by atoms with E-state index in [0.717, 1.165) is 23.2 Å². The molecule has 36 heavy (non-hydrogen) atoms. The minimum atomic E-state index is -0.428. The third-order valence-electron chi connectivity index (χ3n) is 6.91. The molecule has 3 aromatic rings. The van der Waals surface area contributed by atoms with Crippen molar-refractivity contribution in [2.75, 3.05) is 12.4 Å². The zero-order chi connectivity index (χ0) is 25.7. The molecule has 0 radical (unpaired) electrons. The Morgan fingerprint density at radius 3 is 2.53 bits per heavy atom. The molecule has 0 fully saturated rings. The number of hydrogen-bond acceptors (Lipinski definition) is 7. The van der Waals surface area contributed by atoms with E-state index in [9.17, 15) is 4.79 Å². The van der Waals surface area contributed by atoms with E-state index >= 15 is 0 Å². The van der Waals surface area contributed by atoms with Crippen molar-refractivity contribution in [2.45, 2.75) is 65.5 Å². The van der Waals surface area contributed by atoms with E-state index in [1.54, 1.807) is 11.8 Å². The van der Waals surface area contributed by atoms with Crippen LogP contribution in [0, 0.1) is 5.41 Å². The van der Waals surface area contributed by atoms with Crippen LogP contribution in [0.4, 0.5) is 5.95 Å². The van der Waals surface area contributed by atoms with Crippen molar-refractivity contribution < 1.29 is 14.3 Å². The second-order valence-corrected chi connectivity index (χ2v) is 11.5. The highest BCUT2D eigenvalue weighted by Gasteiger charge is 2.42. The molecule has 188 valence electrons. The third kappa shape index (κ3) is 4.47. The van der Waals surface area contributed by atoms with Crippen molar-refractivity contribution in [1.29, 1.82) is 0 Å². The molecule has 1 unspecified atom stereocenters. The van der Waals surface area contributed by atoms with Gasteiger partial charge in [-0.1, -0.05) is 70.0 Å². The smallest absolute Gasteiger partial charge is 0.248 e. The number of anilines is 1. The quantitative estimate of drug-likeness (QED) is 0.528. The molecule has 1 N–H and O–H groups in total. The molecule has 1 aliphatic carbocycles. The van der Waals surface area contributed by atoms with Gasteiger partial charge in [-0.3, -0.25) is 4.79 Å². The Balaban J connectivity index is 1.44. The van der Waals surface area contributed by atoms with Crippen molar-refractivity contribution in [3.63, 3.8) is 0 Å². The molecule has 2 aliphatic rings. The molecular formula is C28H33N5O3. The van der Waals surface area contributed by atoms with Crippen molar-refractivity contribution in [1.82, 2.24) is 20.2 Å². The van der Waals surface area contributed by atoms with Gasteiger partial charge in [-0.25, -0.2) is 0 Å². The van der Waals surface area contributed by atoms with Crippen LogP contribution >= 0.6 is 0 Å². The minimum absolute atomic E-state index is 0.108. The fraction of sp³-hybridized carbons (Fsp3) is 0.429. The van der Waals surface area contributed by atoms with Crippen LogP contribution in [0.1, 0.15) is 70.2 Å². The number of aromatic nitrogens is 4. The monoisotopic (exact) mass is 487 g/mol. The summed E-state index contributed by atoms with van der Waals surface area (Å²) in [5.74, 6) is 1.87. The predicted octanol–water partition coefficient (Wildman–Crippen LogP) is 5.22. The average Bonchev–Trinajstić information content (AvgIpc) is 3.28. The summed E-state index contributed by atoms with van der Waals surface area (Å²) in [4.78, 5) is 13.3. The summed E-state index contributed by atoms with van der Waals surface area (Å²) in [7, 11) is 1.62. The molecule has 2 aromatic carbocycles. The Morgan fingerprint density at radius 1 is 1.08 bits per heavy atom. The normalized spacial score (nSPS) is 18.8. The first kappa shape index (κ1) is 24.0. The van der Waals surface area contributed by atoms with Gasteiger partial charge >= 0.3 is 0 Å². The van der Waals surface area contributed by atoms with E-state index in [2.05, 4.69) is 79.7 Å². The van der Waals surface area contributed by atoms with Crippen molar-refractivity contribution in [3.05, 3.63) is 70.4 Å². The molecule has 8 heteroatoms. The maximum absolute atomic E-state index is 13.3. The molecule has 2 heterocycles. The lowest BCUT2D eigenvalue weighted by Gasteiger charge is -2.37. The van der Waals surface area contributed by atoms with Crippen molar-refractivity contribution in [3.8, 4) is 11.5 Å². The zero-order valence-electron chi connectivity index (χ0n) is 21.8. The molecule has 0 bridgehead atoms. The average molecular weight is 488 g/mol. The number of tetrazole rings is 1. The SMILES string of the molecule is COc1cc(C2C3=C(CC(C)(C)CC3=O)Nc3nnnn32)ccc1OCc1ccc(C(C)(C)C)cc1. The number of carbonyl (C=O) groups is 1. The van der Waals surface area contributed by atoms with Crippen LogP contribution < -0.4 is 14.8 Å². The summed E-state index contributed by atoms with van der Waals surface area (Å²) in [5.41, 5.74) is 4.82. The zero-order valence-corrected chi connectivity index (χ0v) is 21.8. The largest absolute Gasteiger partial charge is 0.493 e. The number of Topliss-reactive ketones (excluding diaryl/α,β-unsaturated/α-hetero) is 1. The first-order valence-corrected chi connectivity index (χ1v) is 12.3. The van der Waals surface area contributed by atoms with E-state index in [-0.39, 0.29) is 16.6 Å². The Morgan fingerprint density at radius 2 is 1.83 bits per heavy atom. The maximum atomic E-state index is 13.3. The van der Waals surface area contributed by atoms with Crippen LogP contribution in [0.2, 0.25) is 0 Å². The second kappa shape index (κ2) is 8.76. The highest BCUT2D eigenvalue weighted by Crippen LogP contribution is 2.46. The molecule has 0 saturated carbocycles. The number of nitrogens with one attached hydrogen (secondary N) is 1. The summed E-state index contributed by atoms with van der Waals surface area (Å²) in [6, 6.07) is 13.8. The number of rotatable bonds is 5. The molecule has 8 nitrogen and oxygen atoms in total. The molecule has 0 spiro atoms. The summed E-state index contributed by atoms with van der Waals surface area (Å²) >= 11 is 0. The fourth-order valence-electron chi connectivity index (χ4n) is 5.01. The van der Waals surface area contributed by atoms with Crippen molar-refractivity contribution >= 4 is 11.7 Å². The summed E-state index contributed by atoms with van der Waals surface area (Å²) < 4.78 is 13.5. The molecule has 5 rings (SSSR count). The first-order valence-electron chi connectivity index (χ1n) is 12.3. The summed E-state index contributed by atoms with van der Waals surface area (Å²) in [6.45, 7) is 11.2. The molecule has 1 aromatic heterocycles. The number of nitrogens with zero attached hydrogens (tertiary/aromatic N) is 4. The Hall–Kier alpha value is -3.68. The number of ketones is 1.